The molecule has 0 N–H and O–H groups in total. The van der Waals surface area contributed by atoms with Gasteiger partial charge >= 0.3 is 7.60 Å². The summed E-state index contributed by atoms with van der Waals surface area (Å²) in [4.78, 5) is 1.02. The van der Waals surface area contributed by atoms with Gasteiger partial charge in [0.05, 0.1) is 16.8 Å². The Morgan fingerprint density at radius 3 is 3.00 bits per heavy atom. The largest absolute Gasteiger partial charge is 0.420 e. The molecule has 1 unspecified atom stereocenters. The van der Waals surface area contributed by atoms with E-state index in [9.17, 15) is 4.57 Å². The first kappa shape index (κ1) is 11.0. The third-order valence-electron chi connectivity index (χ3n) is 2.59. The van der Waals surface area contributed by atoms with Crippen LogP contribution in [0, 0.1) is 0 Å². The highest BCUT2D eigenvalue weighted by Crippen LogP contribution is 2.56. The molecule has 1 aromatic carbocycles. The zero-order valence-electron chi connectivity index (χ0n) is 9.25. The van der Waals surface area contributed by atoms with E-state index in [4.69, 9.17) is 9.05 Å². The molecule has 3 rings (SSSR count). The third kappa shape index (κ3) is 1.64. The summed E-state index contributed by atoms with van der Waals surface area (Å²) in [6.07, 6.45) is 0. The number of fused-ring (bicyclic) bond motifs is 3. The van der Waals surface area contributed by atoms with E-state index in [1.165, 1.54) is 0 Å². The first-order chi connectivity index (χ1) is 8.24. The molecule has 88 valence electrons. The van der Waals surface area contributed by atoms with Gasteiger partial charge in [-0.05, 0) is 24.4 Å². The van der Waals surface area contributed by atoms with Crippen LogP contribution in [0.15, 0.2) is 35.7 Å². The lowest BCUT2D eigenvalue weighted by Crippen LogP contribution is -2.18. The molecule has 1 aromatic heterocycles. The molecule has 1 aliphatic rings. The van der Waals surface area contributed by atoms with Gasteiger partial charge in [0.25, 0.3) is 0 Å². The van der Waals surface area contributed by atoms with Gasteiger partial charge in [-0.1, -0.05) is 18.2 Å². The number of hydrogen-bond acceptors (Lipinski definition) is 4. The van der Waals surface area contributed by atoms with Gasteiger partial charge in [0.15, 0.2) is 0 Å². The number of hydrogen-bond donors (Lipinski definition) is 0. The average Bonchev–Trinajstić information content (AvgIpc) is 2.77. The summed E-state index contributed by atoms with van der Waals surface area (Å²) in [5.41, 5.74) is 0.959. The second-order valence-corrected chi connectivity index (χ2v) is 6.47. The number of benzene rings is 1. The standard InChI is InChI=1S/C12H11O3PS/c1-2-14-16(13)11-6-4-3-5-9(11)12-10(15-16)7-8-17-12/h3-8H,2H2,1H3. The Balaban J connectivity index is 2.25. The van der Waals surface area contributed by atoms with Crippen molar-refractivity contribution >= 4 is 24.2 Å². The molecule has 1 atom stereocenters. The minimum Gasteiger partial charge on any atom is -0.420 e. The van der Waals surface area contributed by atoms with Gasteiger partial charge in [-0.3, -0.25) is 4.52 Å². The molecular weight excluding hydrogens is 255 g/mol. The summed E-state index contributed by atoms with van der Waals surface area (Å²) in [7, 11) is -3.20. The van der Waals surface area contributed by atoms with Gasteiger partial charge in [0.2, 0.25) is 0 Å². The molecule has 0 radical (unpaired) electrons. The molecule has 17 heavy (non-hydrogen) atoms. The molecule has 5 heteroatoms. The minimum atomic E-state index is -3.20. The number of thiophene rings is 1. The van der Waals surface area contributed by atoms with Crippen molar-refractivity contribution in [1.29, 1.82) is 0 Å². The van der Waals surface area contributed by atoms with Crippen molar-refractivity contribution in [2.75, 3.05) is 6.61 Å². The first-order valence-electron chi connectivity index (χ1n) is 5.36. The predicted molar refractivity (Wildman–Crippen MR) is 69.2 cm³/mol. The lowest BCUT2D eigenvalue weighted by atomic mass is 10.2. The van der Waals surface area contributed by atoms with Crippen LogP contribution in [-0.4, -0.2) is 6.61 Å². The van der Waals surface area contributed by atoms with E-state index in [-0.39, 0.29) is 0 Å². The summed E-state index contributed by atoms with van der Waals surface area (Å²) in [5.74, 6) is 0.658. The Bertz CT molecular complexity index is 605. The van der Waals surface area contributed by atoms with E-state index in [0.717, 1.165) is 10.4 Å². The van der Waals surface area contributed by atoms with Crippen molar-refractivity contribution in [1.82, 2.24) is 0 Å². The molecule has 2 heterocycles. The van der Waals surface area contributed by atoms with E-state index < -0.39 is 7.60 Å². The van der Waals surface area contributed by atoms with E-state index in [0.29, 0.717) is 17.7 Å². The van der Waals surface area contributed by atoms with Crippen LogP contribution in [0.5, 0.6) is 5.75 Å². The summed E-state index contributed by atoms with van der Waals surface area (Å²) in [6, 6.07) is 9.39. The molecule has 0 amide bonds. The number of rotatable bonds is 2. The van der Waals surface area contributed by atoms with Crippen LogP contribution < -0.4 is 9.83 Å². The Morgan fingerprint density at radius 1 is 1.35 bits per heavy atom. The van der Waals surface area contributed by atoms with E-state index in [1.54, 1.807) is 11.3 Å². The van der Waals surface area contributed by atoms with Crippen molar-refractivity contribution in [2.24, 2.45) is 0 Å². The highest BCUT2D eigenvalue weighted by atomic mass is 32.1. The van der Waals surface area contributed by atoms with Gasteiger partial charge < -0.3 is 4.52 Å². The summed E-state index contributed by atoms with van der Waals surface area (Å²) in [5, 5.41) is 2.60. The second kappa shape index (κ2) is 3.98. The maximum absolute atomic E-state index is 12.7. The Labute approximate surface area is 104 Å². The van der Waals surface area contributed by atoms with Crippen molar-refractivity contribution < 1.29 is 13.6 Å². The van der Waals surface area contributed by atoms with Crippen LogP contribution in [0.3, 0.4) is 0 Å². The molecule has 1 aliphatic heterocycles. The summed E-state index contributed by atoms with van der Waals surface area (Å²) < 4.78 is 23.6. The molecule has 0 bridgehead atoms. The second-order valence-electron chi connectivity index (χ2n) is 3.64. The SMILES string of the molecule is CCOP1(=O)Oc2ccsc2-c2ccccc21. The van der Waals surface area contributed by atoms with Crippen LogP contribution in [0.2, 0.25) is 0 Å². The van der Waals surface area contributed by atoms with Crippen LogP contribution in [0.25, 0.3) is 10.4 Å². The molecule has 3 nitrogen and oxygen atoms in total. The van der Waals surface area contributed by atoms with Crippen LogP contribution >= 0.6 is 18.9 Å². The van der Waals surface area contributed by atoms with Gasteiger partial charge in [-0.15, -0.1) is 11.3 Å². The molecule has 2 aromatic rings. The smallest absolute Gasteiger partial charge is 0.411 e. The lowest BCUT2D eigenvalue weighted by Gasteiger charge is -2.25. The van der Waals surface area contributed by atoms with Gasteiger partial charge in [-0.25, -0.2) is 4.57 Å². The van der Waals surface area contributed by atoms with Gasteiger partial charge in [0.1, 0.15) is 5.75 Å². The topological polar surface area (TPSA) is 35.5 Å². The zero-order valence-corrected chi connectivity index (χ0v) is 11.0. The molecule has 0 spiro atoms. The molecule has 0 saturated carbocycles. The Hall–Kier alpha value is -1.09. The summed E-state index contributed by atoms with van der Waals surface area (Å²) >= 11 is 1.59. The van der Waals surface area contributed by atoms with Crippen molar-refractivity contribution in [3.63, 3.8) is 0 Å². The molecule has 0 fully saturated rings. The molecular formula is C12H11O3PS. The van der Waals surface area contributed by atoms with Crippen molar-refractivity contribution in [3.05, 3.63) is 35.7 Å². The van der Waals surface area contributed by atoms with E-state index >= 15 is 0 Å². The van der Waals surface area contributed by atoms with Gasteiger partial charge in [0, 0.05) is 5.56 Å². The zero-order chi connectivity index (χ0) is 11.9. The van der Waals surface area contributed by atoms with Gasteiger partial charge in [-0.2, -0.15) is 0 Å². The average molecular weight is 266 g/mol. The lowest BCUT2D eigenvalue weighted by molar-refractivity contribution is 0.289. The Morgan fingerprint density at radius 2 is 2.18 bits per heavy atom. The van der Waals surface area contributed by atoms with Crippen LogP contribution in [-0.2, 0) is 9.09 Å². The fourth-order valence-electron chi connectivity index (χ4n) is 1.91. The molecule has 0 aliphatic carbocycles. The maximum Gasteiger partial charge on any atom is 0.411 e. The third-order valence-corrected chi connectivity index (χ3v) is 5.53. The van der Waals surface area contributed by atoms with Crippen molar-refractivity contribution in [3.8, 4) is 16.2 Å². The summed E-state index contributed by atoms with van der Waals surface area (Å²) in [6.45, 7) is 2.18. The Kier molecular flexibility index (Phi) is 2.58. The fraction of sp³-hybridized carbons (Fsp3) is 0.167. The molecule has 0 saturated heterocycles. The quantitative estimate of drug-likeness (QED) is 0.778. The normalized spacial score (nSPS) is 21.5. The van der Waals surface area contributed by atoms with E-state index in [1.807, 2.05) is 42.6 Å². The highest BCUT2D eigenvalue weighted by molar-refractivity contribution is 7.63. The fourth-order valence-corrected chi connectivity index (χ4v) is 4.70. The van der Waals surface area contributed by atoms with Crippen LogP contribution in [0.4, 0.5) is 0 Å². The first-order valence-corrected chi connectivity index (χ1v) is 7.78. The van der Waals surface area contributed by atoms with Crippen molar-refractivity contribution in [2.45, 2.75) is 6.92 Å². The predicted octanol–water partition coefficient (Wildman–Crippen LogP) is 3.66. The minimum absolute atomic E-state index is 0.366. The maximum atomic E-state index is 12.7. The highest BCUT2D eigenvalue weighted by Gasteiger charge is 2.37. The van der Waals surface area contributed by atoms with Crippen LogP contribution in [0.1, 0.15) is 6.92 Å². The van der Waals surface area contributed by atoms with E-state index in [2.05, 4.69) is 0 Å². The monoisotopic (exact) mass is 266 g/mol.